The van der Waals surface area contributed by atoms with E-state index < -0.39 is 0 Å². The molecule has 0 saturated carbocycles. The van der Waals surface area contributed by atoms with Crippen molar-refractivity contribution in [1.29, 1.82) is 0 Å². The van der Waals surface area contributed by atoms with Gasteiger partial charge in [-0.05, 0) is 10.8 Å². The van der Waals surface area contributed by atoms with E-state index in [0.717, 1.165) is 13.1 Å². The van der Waals surface area contributed by atoms with Crippen LogP contribution >= 0.6 is 0 Å². The van der Waals surface area contributed by atoms with E-state index in [-0.39, 0.29) is 22.9 Å². The third kappa shape index (κ3) is 6.13. The molecule has 0 aliphatic heterocycles. The first-order valence-corrected chi connectivity index (χ1v) is 5.77. The van der Waals surface area contributed by atoms with Crippen molar-refractivity contribution in [3.05, 3.63) is 0 Å². The lowest BCUT2D eigenvalue weighted by molar-refractivity contribution is 0.280. The van der Waals surface area contributed by atoms with Crippen LogP contribution in [0.25, 0.3) is 0 Å². The highest BCUT2D eigenvalue weighted by Crippen LogP contribution is 2.18. The van der Waals surface area contributed by atoms with Crippen molar-refractivity contribution in [3.63, 3.8) is 0 Å². The zero-order valence-electron chi connectivity index (χ0n) is 11.2. The van der Waals surface area contributed by atoms with Gasteiger partial charge in [-0.25, -0.2) is 0 Å². The number of nitrogens with one attached hydrogen (secondary N) is 1. The van der Waals surface area contributed by atoms with Gasteiger partial charge >= 0.3 is 0 Å². The van der Waals surface area contributed by atoms with Crippen LogP contribution in [0.3, 0.4) is 0 Å². The van der Waals surface area contributed by atoms with Crippen LogP contribution in [0.5, 0.6) is 0 Å². The molecule has 3 nitrogen and oxygen atoms in total. The molecular weight excluding hydrogens is 186 g/mol. The van der Waals surface area contributed by atoms with Gasteiger partial charge in [-0.1, -0.05) is 41.5 Å². The number of hydrogen-bond acceptors (Lipinski definition) is 3. The lowest BCUT2D eigenvalue weighted by Crippen LogP contribution is -2.49. The van der Waals surface area contributed by atoms with Crippen molar-refractivity contribution >= 4 is 0 Å². The van der Waals surface area contributed by atoms with E-state index in [1.165, 1.54) is 0 Å². The molecule has 2 atom stereocenters. The van der Waals surface area contributed by atoms with Crippen molar-refractivity contribution in [2.24, 2.45) is 22.3 Å². The summed E-state index contributed by atoms with van der Waals surface area (Å²) in [4.78, 5) is 0. The van der Waals surface area contributed by atoms with Crippen molar-refractivity contribution in [2.45, 2.75) is 53.6 Å². The molecule has 0 bridgehead atoms. The predicted octanol–water partition coefficient (Wildman–Crippen LogP) is 1.32. The maximum Gasteiger partial charge on any atom is 0.0214 e. The Labute approximate surface area is 95.0 Å². The molecule has 0 heterocycles. The van der Waals surface area contributed by atoms with Crippen LogP contribution in [0.4, 0.5) is 0 Å². The Kier molecular flexibility index (Phi) is 5.24. The van der Waals surface area contributed by atoms with Crippen LogP contribution in [-0.4, -0.2) is 25.2 Å². The van der Waals surface area contributed by atoms with Crippen molar-refractivity contribution in [1.82, 2.24) is 5.32 Å². The molecular formula is C12H29N3. The van der Waals surface area contributed by atoms with Gasteiger partial charge in [0.2, 0.25) is 0 Å². The summed E-state index contributed by atoms with van der Waals surface area (Å²) in [6.07, 6.45) is 0. The first-order chi connectivity index (χ1) is 6.55. The van der Waals surface area contributed by atoms with Gasteiger partial charge in [-0.3, -0.25) is 0 Å². The van der Waals surface area contributed by atoms with Gasteiger partial charge in [-0.15, -0.1) is 0 Å². The SMILES string of the molecule is CC(C)(C)C(N)CNCC(N)C(C)(C)C. The molecule has 0 aromatic heterocycles. The standard InChI is InChI=1S/C12H29N3/c1-11(2,3)9(13)7-15-8-10(14)12(4,5)6/h9-10,15H,7-8,13-14H2,1-6H3. The van der Waals surface area contributed by atoms with E-state index in [2.05, 4.69) is 46.9 Å². The Balaban J connectivity index is 3.81. The summed E-state index contributed by atoms with van der Waals surface area (Å²) in [7, 11) is 0. The van der Waals surface area contributed by atoms with Crippen molar-refractivity contribution < 1.29 is 0 Å². The quantitative estimate of drug-likeness (QED) is 0.663. The first-order valence-electron chi connectivity index (χ1n) is 5.77. The Hall–Kier alpha value is -0.120. The maximum atomic E-state index is 6.04. The molecule has 0 aliphatic rings. The van der Waals surface area contributed by atoms with E-state index in [9.17, 15) is 0 Å². The second-order valence-electron chi connectivity index (χ2n) is 6.60. The minimum absolute atomic E-state index is 0.152. The summed E-state index contributed by atoms with van der Waals surface area (Å²) in [5, 5.41) is 3.35. The highest BCUT2D eigenvalue weighted by atomic mass is 14.9. The molecule has 0 spiro atoms. The van der Waals surface area contributed by atoms with Crippen LogP contribution in [0.1, 0.15) is 41.5 Å². The summed E-state index contributed by atoms with van der Waals surface area (Å²) in [6, 6.07) is 0.342. The molecule has 0 aliphatic carbocycles. The molecule has 0 fully saturated rings. The number of rotatable bonds is 4. The molecule has 2 unspecified atom stereocenters. The zero-order valence-corrected chi connectivity index (χ0v) is 11.2. The molecule has 15 heavy (non-hydrogen) atoms. The van der Waals surface area contributed by atoms with Crippen LogP contribution in [0, 0.1) is 10.8 Å². The summed E-state index contributed by atoms with van der Waals surface area (Å²) in [5.74, 6) is 0. The van der Waals surface area contributed by atoms with Crippen LogP contribution < -0.4 is 16.8 Å². The van der Waals surface area contributed by atoms with Gasteiger partial charge in [0.25, 0.3) is 0 Å². The Morgan fingerprint density at radius 3 is 1.27 bits per heavy atom. The molecule has 0 saturated heterocycles. The molecule has 92 valence electrons. The van der Waals surface area contributed by atoms with E-state index >= 15 is 0 Å². The monoisotopic (exact) mass is 215 g/mol. The van der Waals surface area contributed by atoms with E-state index in [1.54, 1.807) is 0 Å². The minimum Gasteiger partial charge on any atom is -0.326 e. The number of hydrogen-bond donors (Lipinski definition) is 3. The highest BCUT2D eigenvalue weighted by Gasteiger charge is 2.22. The zero-order chi connectivity index (χ0) is 12.3. The molecule has 5 N–H and O–H groups in total. The molecule has 0 aromatic rings. The van der Waals surface area contributed by atoms with E-state index in [1.807, 2.05) is 0 Å². The fourth-order valence-corrected chi connectivity index (χ4v) is 1.01. The van der Waals surface area contributed by atoms with E-state index in [0.29, 0.717) is 0 Å². The predicted molar refractivity (Wildman–Crippen MR) is 67.7 cm³/mol. The van der Waals surface area contributed by atoms with Gasteiger partial charge in [0.15, 0.2) is 0 Å². The lowest BCUT2D eigenvalue weighted by atomic mass is 9.86. The Bertz CT molecular complexity index is 156. The second kappa shape index (κ2) is 5.28. The fraction of sp³-hybridized carbons (Fsp3) is 1.00. The average Bonchev–Trinajstić information content (AvgIpc) is 2.00. The summed E-state index contributed by atoms with van der Waals surface area (Å²) in [5.41, 5.74) is 12.4. The van der Waals surface area contributed by atoms with Gasteiger partial charge in [0.1, 0.15) is 0 Å². The van der Waals surface area contributed by atoms with Gasteiger partial charge in [0.05, 0.1) is 0 Å². The maximum absolute atomic E-state index is 6.04. The lowest BCUT2D eigenvalue weighted by Gasteiger charge is -2.30. The number of nitrogens with two attached hydrogens (primary N) is 2. The van der Waals surface area contributed by atoms with Crippen molar-refractivity contribution in [2.75, 3.05) is 13.1 Å². The van der Waals surface area contributed by atoms with Crippen LogP contribution in [0.2, 0.25) is 0 Å². The van der Waals surface area contributed by atoms with E-state index in [4.69, 9.17) is 11.5 Å². The molecule has 0 rings (SSSR count). The average molecular weight is 215 g/mol. The third-order valence-corrected chi connectivity index (χ3v) is 2.95. The second-order valence-corrected chi connectivity index (χ2v) is 6.60. The summed E-state index contributed by atoms with van der Waals surface area (Å²) in [6.45, 7) is 14.6. The summed E-state index contributed by atoms with van der Waals surface area (Å²) < 4.78 is 0. The van der Waals surface area contributed by atoms with Gasteiger partial charge in [0, 0.05) is 25.2 Å². The minimum atomic E-state index is 0.152. The first kappa shape index (κ1) is 14.9. The van der Waals surface area contributed by atoms with Gasteiger partial charge < -0.3 is 16.8 Å². The molecule has 0 amide bonds. The Morgan fingerprint density at radius 1 is 0.800 bits per heavy atom. The third-order valence-electron chi connectivity index (χ3n) is 2.95. The molecule has 0 aromatic carbocycles. The topological polar surface area (TPSA) is 64.1 Å². The highest BCUT2D eigenvalue weighted by molar-refractivity contribution is 4.82. The van der Waals surface area contributed by atoms with Crippen molar-refractivity contribution in [3.8, 4) is 0 Å². The summed E-state index contributed by atoms with van der Waals surface area (Å²) >= 11 is 0. The molecule has 3 heteroatoms. The molecule has 0 radical (unpaired) electrons. The Morgan fingerprint density at radius 2 is 1.07 bits per heavy atom. The van der Waals surface area contributed by atoms with Gasteiger partial charge in [-0.2, -0.15) is 0 Å². The fourth-order valence-electron chi connectivity index (χ4n) is 1.01. The van der Waals surface area contributed by atoms with Crippen LogP contribution in [0.15, 0.2) is 0 Å². The normalized spacial score (nSPS) is 17.6. The largest absolute Gasteiger partial charge is 0.326 e. The van der Waals surface area contributed by atoms with Crippen LogP contribution in [-0.2, 0) is 0 Å². The smallest absolute Gasteiger partial charge is 0.0214 e.